The largest absolute Gasteiger partial charge is 0.333 e. The summed E-state index contributed by atoms with van der Waals surface area (Å²) in [5.41, 5.74) is 2.38. The van der Waals surface area contributed by atoms with Gasteiger partial charge in [0.15, 0.2) is 0 Å². The Morgan fingerprint density at radius 2 is 1.86 bits per heavy atom. The van der Waals surface area contributed by atoms with E-state index in [0.29, 0.717) is 5.92 Å². The molecule has 1 N–H and O–H groups in total. The molecule has 0 atom stereocenters. The number of benzene rings is 1. The summed E-state index contributed by atoms with van der Waals surface area (Å²) in [5.74, 6) is 1.27. The number of anilines is 1. The van der Waals surface area contributed by atoms with Crippen LogP contribution in [-0.4, -0.2) is 12.9 Å². The molecule has 1 saturated carbocycles. The van der Waals surface area contributed by atoms with Crippen molar-refractivity contribution in [3.8, 4) is 0 Å². The Morgan fingerprint density at radius 3 is 2.36 bits per heavy atom. The van der Waals surface area contributed by atoms with Gasteiger partial charge in [-0.15, -0.1) is 0 Å². The Labute approximate surface area is 85.1 Å². The molecule has 0 spiro atoms. The van der Waals surface area contributed by atoms with E-state index in [9.17, 15) is 0 Å². The van der Waals surface area contributed by atoms with Gasteiger partial charge in [-0.1, -0.05) is 17.7 Å². The molecule has 2 heteroatoms. The highest BCUT2D eigenvalue weighted by molar-refractivity contribution is 5.98. The predicted molar refractivity (Wildman–Crippen MR) is 60.0 cm³/mol. The zero-order valence-corrected chi connectivity index (χ0v) is 8.75. The van der Waals surface area contributed by atoms with Gasteiger partial charge in [0.1, 0.15) is 5.84 Å². The van der Waals surface area contributed by atoms with Crippen LogP contribution in [0.2, 0.25) is 0 Å². The van der Waals surface area contributed by atoms with E-state index >= 15 is 0 Å². The number of amidine groups is 1. The minimum atomic E-state index is 0.515. The average molecular weight is 188 g/mol. The van der Waals surface area contributed by atoms with Crippen LogP contribution in [0.25, 0.3) is 0 Å². The highest BCUT2D eigenvalue weighted by Gasteiger charge is 2.29. The lowest BCUT2D eigenvalue weighted by Gasteiger charge is -2.19. The van der Waals surface area contributed by atoms with Crippen LogP contribution in [0.15, 0.2) is 24.3 Å². The van der Waals surface area contributed by atoms with Gasteiger partial charge in [0.2, 0.25) is 0 Å². The molecule has 1 aromatic rings. The summed E-state index contributed by atoms with van der Waals surface area (Å²) in [7, 11) is 1.98. The summed E-state index contributed by atoms with van der Waals surface area (Å²) in [6, 6.07) is 8.33. The Bertz CT molecular complexity index is 336. The Hall–Kier alpha value is -1.31. The first kappa shape index (κ1) is 9.25. The molecule has 14 heavy (non-hydrogen) atoms. The second-order valence-electron chi connectivity index (χ2n) is 4.05. The van der Waals surface area contributed by atoms with Crippen LogP contribution in [0.5, 0.6) is 0 Å². The molecule has 0 amide bonds. The topological polar surface area (TPSA) is 27.1 Å². The number of nitrogens with one attached hydrogen (secondary N) is 1. The van der Waals surface area contributed by atoms with Gasteiger partial charge in [0, 0.05) is 18.7 Å². The molecule has 0 radical (unpaired) electrons. The van der Waals surface area contributed by atoms with Crippen LogP contribution >= 0.6 is 0 Å². The van der Waals surface area contributed by atoms with Crippen LogP contribution in [0.4, 0.5) is 5.69 Å². The van der Waals surface area contributed by atoms with Crippen molar-refractivity contribution in [1.29, 1.82) is 5.41 Å². The third-order valence-electron chi connectivity index (χ3n) is 2.75. The number of hydrogen-bond acceptors (Lipinski definition) is 1. The van der Waals surface area contributed by atoms with Crippen molar-refractivity contribution < 1.29 is 0 Å². The van der Waals surface area contributed by atoms with Crippen molar-refractivity contribution >= 4 is 11.5 Å². The van der Waals surface area contributed by atoms with Gasteiger partial charge in [-0.2, -0.15) is 0 Å². The predicted octanol–water partition coefficient (Wildman–Crippen LogP) is 2.82. The molecule has 74 valence electrons. The molecule has 1 aliphatic rings. The van der Waals surface area contributed by atoms with Crippen LogP contribution in [0.3, 0.4) is 0 Å². The summed E-state index contributed by atoms with van der Waals surface area (Å²) in [6.07, 6.45) is 2.38. The molecule has 2 rings (SSSR count). The van der Waals surface area contributed by atoms with E-state index < -0.39 is 0 Å². The minimum Gasteiger partial charge on any atom is -0.333 e. The monoisotopic (exact) mass is 188 g/mol. The van der Waals surface area contributed by atoms with Crippen molar-refractivity contribution in [2.75, 3.05) is 11.9 Å². The molecule has 0 aliphatic heterocycles. The number of rotatable bonds is 2. The van der Waals surface area contributed by atoms with Gasteiger partial charge in [0.05, 0.1) is 0 Å². The summed E-state index contributed by atoms with van der Waals surface area (Å²) in [4.78, 5) is 1.98. The van der Waals surface area contributed by atoms with Crippen molar-refractivity contribution in [3.05, 3.63) is 29.8 Å². The van der Waals surface area contributed by atoms with E-state index in [2.05, 4.69) is 31.2 Å². The first-order chi connectivity index (χ1) is 6.68. The third-order valence-corrected chi connectivity index (χ3v) is 2.75. The molecule has 1 aliphatic carbocycles. The molecule has 0 unspecified atom stereocenters. The standard InChI is InChI=1S/C12H16N2/c1-9-3-7-11(8-4-9)14(2)12(13)10-5-6-10/h3-4,7-8,10,13H,5-6H2,1-2H3. The van der Waals surface area contributed by atoms with Crippen LogP contribution in [0.1, 0.15) is 18.4 Å². The molecule has 2 nitrogen and oxygen atoms in total. The first-order valence-electron chi connectivity index (χ1n) is 5.07. The molecule has 1 aromatic carbocycles. The third kappa shape index (κ3) is 1.79. The normalized spacial score (nSPS) is 15.3. The summed E-state index contributed by atoms with van der Waals surface area (Å²) < 4.78 is 0. The second kappa shape index (κ2) is 3.45. The number of nitrogens with zero attached hydrogens (tertiary/aromatic N) is 1. The number of hydrogen-bond donors (Lipinski definition) is 1. The first-order valence-corrected chi connectivity index (χ1v) is 5.07. The molecule has 0 saturated heterocycles. The molecular weight excluding hydrogens is 172 g/mol. The van der Waals surface area contributed by atoms with E-state index in [1.165, 1.54) is 18.4 Å². The van der Waals surface area contributed by atoms with Crippen molar-refractivity contribution in [2.24, 2.45) is 5.92 Å². The maximum absolute atomic E-state index is 7.93. The van der Waals surface area contributed by atoms with Crippen molar-refractivity contribution in [2.45, 2.75) is 19.8 Å². The fraction of sp³-hybridized carbons (Fsp3) is 0.417. The van der Waals surface area contributed by atoms with Crippen LogP contribution < -0.4 is 4.90 Å². The fourth-order valence-corrected chi connectivity index (χ4v) is 1.54. The lowest BCUT2D eigenvalue weighted by Crippen LogP contribution is -2.26. The summed E-state index contributed by atoms with van der Waals surface area (Å²) in [6.45, 7) is 2.08. The Kier molecular flexibility index (Phi) is 2.28. The van der Waals surface area contributed by atoms with Crippen LogP contribution in [-0.2, 0) is 0 Å². The average Bonchev–Trinajstić information content (AvgIpc) is 3.00. The summed E-state index contributed by atoms with van der Waals surface area (Å²) in [5, 5.41) is 7.93. The molecule has 0 aromatic heterocycles. The van der Waals surface area contributed by atoms with Gasteiger partial charge in [-0.3, -0.25) is 5.41 Å². The van der Waals surface area contributed by atoms with Gasteiger partial charge >= 0.3 is 0 Å². The van der Waals surface area contributed by atoms with E-state index in [1.807, 2.05) is 11.9 Å². The van der Waals surface area contributed by atoms with Crippen molar-refractivity contribution in [3.63, 3.8) is 0 Å². The highest BCUT2D eigenvalue weighted by atomic mass is 15.1. The fourth-order valence-electron chi connectivity index (χ4n) is 1.54. The SMILES string of the molecule is Cc1ccc(N(C)C(=N)C2CC2)cc1. The Balaban J connectivity index is 2.13. The van der Waals surface area contributed by atoms with Gasteiger partial charge in [-0.05, 0) is 31.9 Å². The van der Waals surface area contributed by atoms with Gasteiger partial charge in [0.25, 0.3) is 0 Å². The quantitative estimate of drug-likeness (QED) is 0.560. The number of aryl methyl sites for hydroxylation is 1. The van der Waals surface area contributed by atoms with Crippen molar-refractivity contribution in [1.82, 2.24) is 0 Å². The smallest absolute Gasteiger partial charge is 0.103 e. The van der Waals surface area contributed by atoms with E-state index in [0.717, 1.165) is 11.5 Å². The maximum atomic E-state index is 7.93. The lowest BCUT2D eigenvalue weighted by atomic mass is 10.2. The Morgan fingerprint density at radius 1 is 1.29 bits per heavy atom. The molecular formula is C12H16N2. The zero-order valence-electron chi connectivity index (χ0n) is 8.75. The second-order valence-corrected chi connectivity index (χ2v) is 4.05. The molecule has 0 bridgehead atoms. The van der Waals surface area contributed by atoms with E-state index in [-0.39, 0.29) is 0 Å². The van der Waals surface area contributed by atoms with Gasteiger partial charge < -0.3 is 4.90 Å². The summed E-state index contributed by atoms with van der Waals surface area (Å²) >= 11 is 0. The highest BCUT2D eigenvalue weighted by Crippen LogP contribution is 2.32. The lowest BCUT2D eigenvalue weighted by molar-refractivity contribution is 1.07. The molecule has 0 heterocycles. The molecule has 1 fully saturated rings. The van der Waals surface area contributed by atoms with E-state index in [1.54, 1.807) is 0 Å². The zero-order chi connectivity index (χ0) is 10.1. The maximum Gasteiger partial charge on any atom is 0.103 e. The van der Waals surface area contributed by atoms with Crippen LogP contribution in [0, 0.1) is 18.3 Å². The van der Waals surface area contributed by atoms with Gasteiger partial charge in [-0.25, -0.2) is 0 Å². The minimum absolute atomic E-state index is 0.515. The van der Waals surface area contributed by atoms with E-state index in [4.69, 9.17) is 5.41 Å².